The van der Waals surface area contributed by atoms with Gasteiger partial charge in [-0.3, -0.25) is 8.61 Å². The molecule has 3 aromatic carbocycles. The molecule has 0 aliphatic heterocycles. The van der Waals surface area contributed by atoms with Gasteiger partial charge in [-0.1, -0.05) is 139 Å². The van der Waals surface area contributed by atoms with Crippen molar-refractivity contribution < 1.29 is 16.8 Å². The van der Waals surface area contributed by atoms with Crippen molar-refractivity contribution in [2.24, 2.45) is 0 Å². The third-order valence-corrected chi connectivity index (χ3v) is 13.2. The maximum Gasteiger partial charge on any atom is 0.264 e. The molecule has 0 unspecified atom stereocenters. The predicted molar refractivity (Wildman–Crippen MR) is 213 cm³/mol. The summed E-state index contributed by atoms with van der Waals surface area (Å²) in [6, 6.07) is 20.0. The maximum atomic E-state index is 14.6. The second kappa shape index (κ2) is 21.6. The van der Waals surface area contributed by atoms with E-state index in [-0.39, 0.29) is 45.4 Å². The van der Waals surface area contributed by atoms with Crippen molar-refractivity contribution in [2.75, 3.05) is 21.7 Å². The van der Waals surface area contributed by atoms with E-state index in [4.69, 9.17) is 0 Å². The van der Waals surface area contributed by atoms with E-state index in [0.29, 0.717) is 12.8 Å². The smallest absolute Gasteiger partial charge is 0.264 e. The molecule has 0 radical (unpaired) electrons. The Morgan fingerprint density at radius 1 is 0.481 bits per heavy atom. The Kier molecular flexibility index (Phi) is 17.7. The van der Waals surface area contributed by atoms with Gasteiger partial charge in [0.15, 0.2) is 0 Å². The van der Waals surface area contributed by atoms with Gasteiger partial charge < -0.3 is 0 Å². The zero-order chi connectivity index (χ0) is 38.0. The van der Waals surface area contributed by atoms with Crippen LogP contribution in [0.5, 0.6) is 0 Å². The molecular weight excluding hydrogens is 689 g/mol. The number of nitrogens with zero attached hydrogens (tertiary/aromatic N) is 4. The molecule has 3 rings (SSSR count). The molecule has 0 bridgehead atoms. The average Bonchev–Trinajstić information content (AvgIpc) is 3.13. The zero-order valence-corrected chi connectivity index (χ0v) is 33.4. The molecule has 0 saturated carbocycles. The molecule has 52 heavy (non-hydrogen) atoms. The van der Waals surface area contributed by atoms with E-state index >= 15 is 0 Å². The van der Waals surface area contributed by atoms with Crippen LogP contribution in [0.4, 0.5) is 11.4 Å². The van der Waals surface area contributed by atoms with Crippen molar-refractivity contribution in [1.29, 1.82) is 10.5 Å². The zero-order valence-electron chi connectivity index (χ0n) is 31.7. The van der Waals surface area contributed by atoms with Crippen LogP contribution in [0.15, 0.2) is 70.5 Å². The quantitative estimate of drug-likeness (QED) is 0.0841. The Labute approximate surface area is 314 Å². The molecule has 0 N–H and O–H groups in total. The Balaban J connectivity index is 2.15. The summed E-state index contributed by atoms with van der Waals surface area (Å²) in [7, 11) is -8.43. The Morgan fingerprint density at radius 2 is 0.769 bits per heavy atom. The van der Waals surface area contributed by atoms with Gasteiger partial charge in [0.2, 0.25) is 0 Å². The van der Waals surface area contributed by atoms with Crippen molar-refractivity contribution in [1.82, 2.24) is 0 Å². The van der Waals surface area contributed by atoms with Crippen LogP contribution in [-0.2, 0) is 20.0 Å². The van der Waals surface area contributed by atoms with Gasteiger partial charge in [0.1, 0.15) is 12.1 Å². The molecule has 3 aromatic rings. The monoisotopic (exact) mass is 746 g/mol. The van der Waals surface area contributed by atoms with Gasteiger partial charge in [-0.2, -0.15) is 10.5 Å². The molecular formula is C42H58N4O4S2. The molecule has 0 aliphatic rings. The van der Waals surface area contributed by atoms with Crippen molar-refractivity contribution in [3.05, 3.63) is 82.9 Å². The largest absolute Gasteiger partial charge is 0.264 e. The predicted octanol–water partition coefficient (Wildman–Crippen LogP) is 10.7. The van der Waals surface area contributed by atoms with Gasteiger partial charge in [0.25, 0.3) is 20.0 Å². The topological polar surface area (TPSA) is 122 Å². The number of benzene rings is 3. The van der Waals surface area contributed by atoms with Crippen molar-refractivity contribution in [3.63, 3.8) is 0 Å². The second-order valence-electron chi connectivity index (χ2n) is 13.8. The lowest BCUT2D eigenvalue weighted by Gasteiger charge is -2.32. The number of sulfonamides is 2. The third-order valence-electron chi connectivity index (χ3n) is 9.54. The van der Waals surface area contributed by atoms with Crippen LogP contribution in [0.1, 0.15) is 139 Å². The molecule has 10 heteroatoms. The van der Waals surface area contributed by atoms with Gasteiger partial charge in [-0.25, -0.2) is 16.8 Å². The molecule has 0 atom stereocenters. The summed E-state index contributed by atoms with van der Waals surface area (Å²) < 4.78 is 60.9. The van der Waals surface area contributed by atoms with Gasteiger partial charge in [-0.15, -0.1) is 0 Å². The highest BCUT2D eigenvalue weighted by molar-refractivity contribution is 7.93. The normalized spacial score (nSPS) is 11.6. The van der Waals surface area contributed by atoms with Gasteiger partial charge >= 0.3 is 0 Å². The van der Waals surface area contributed by atoms with Crippen LogP contribution in [0.25, 0.3) is 0 Å². The summed E-state index contributed by atoms with van der Waals surface area (Å²) in [5.74, 6) is 0. The summed E-state index contributed by atoms with van der Waals surface area (Å²) in [4.78, 5) is 0.144. The lowest BCUT2D eigenvalue weighted by atomic mass is 10.1. The molecule has 0 heterocycles. The Bertz CT molecular complexity index is 1710. The lowest BCUT2D eigenvalue weighted by Crippen LogP contribution is -2.37. The molecule has 0 aromatic heterocycles. The van der Waals surface area contributed by atoms with Crippen molar-refractivity contribution in [2.45, 2.75) is 140 Å². The minimum absolute atomic E-state index is 0.0129. The number of hydrogen-bond donors (Lipinski definition) is 0. The lowest BCUT2D eigenvalue weighted by molar-refractivity contribution is 0.566. The van der Waals surface area contributed by atoms with E-state index in [2.05, 4.69) is 26.0 Å². The fourth-order valence-corrected chi connectivity index (χ4v) is 9.37. The standard InChI is InChI=1S/C42H58N4O4S2/c1-5-7-9-11-13-15-17-19-29-45(51(47,48)39-25-21-35(3)22-26-39)41-31-37(33-43)38(34-44)32-42(41)46(30-20-18-16-14-12-10-8-6-2)52(49,50)40-27-23-36(4)24-28-40/h21-28,31-32H,5-20,29-30H2,1-4H3. The number of nitriles is 2. The first-order chi connectivity index (χ1) is 25.0. The minimum atomic E-state index is -4.21. The van der Waals surface area contributed by atoms with Crippen LogP contribution in [0, 0.1) is 36.5 Å². The van der Waals surface area contributed by atoms with E-state index in [1.807, 2.05) is 13.8 Å². The number of hydrogen-bond acceptors (Lipinski definition) is 6. The van der Waals surface area contributed by atoms with Crippen molar-refractivity contribution >= 4 is 31.4 Å². The highest BCUT2D eigenvalue weighted by Crippen LogP contribution is 2.39. The van der Waals surface area contributed by atoms with E-state index in [9.17, 15) is 27.4 Å². The molecule has 0 amide bonds. The van der Waals surface area contributed by atoms with Crippen LogP contribution >= 0.6 is 0 Å². The Hall–Kier alpha value is -3.86. The molecule has 0 saturated heterocycles. The first kappa shape index (κ1) is 42.6. The van der Waals surface area contributed by atoms with E-state index in [1.165, 1.54) is 59.3 Å². The maximum absolute atomic E-state index is 14.6. The molecule has 0 fully saturated rings. The summed E-state index contributed by atoms with van der Waals surface area (Å²) in [5, 5.41) is 20.2. The molecule has 0 aliphatic carbocycles. The first-order valence-electron chi connectivity index (χ1n) is 19.2. The van der Waals surface area contributed by atoms with E-state index in [1.54, 1.807) is 48.5 Å². The average molecular weight is 747 g/mol. The summed E-state index contributed by atoms with van der Waals surface area (Å²) >= 11 is 0. The van der Waals surface area contributed by atoms with Gasteiger partial charge in [-0.05, 0) is 63.1 Å². The Morgan fingerprint density at radius 3 is 1.06 bits per heavy atom. The number of aryl methyl sites for hydroxylation is 2. The van der Waals surface area contributed by atoms with Crippen molar-refractivity contribution in [3.8, 4) is 12.1 Å². The van der Waals surface area contributed by atoms with Crippen LogP contribution in [-0.4, -0.2) is 29.9 Å². The fraction of sp³-hybridized carbons (Fsp3) is 0.524. The summed E-state index contributed by atoms with van der Waals surface area (Å²) in [6.45, 7) is 8.30. The van der Waals surface area contributed by atoms with Crippen LogP contribution in [0.3, 0.4) is 0 Å². The summed E-state index contributed by atoms with van der Waals surface area (Å²) in [6.07, 6.45) is 16.1. The first-order valence-corrected chi connectivity index (χ1v) is 22.1. The van der Waals surface area contributed by atoms with E-state index < -0.39 is 20.0 Å². The highest BCUT2D eigenvalue weighted by Gasteiger charge is 2.33. The third kappa shape index (κ3) is 12.1. The fourth-order valence-electron chi connectivity index (χ4n) is 6.36. The number of rotatable bonds is 24. The van der Waals surface area contributed by atoms with Crippen LogP contribution < -0.4 is 8.61 Å². The molecule has 8 nitrogen and oxygen atoms in total. The number of anilines is 2. The second-order valence-corrected chi connectivity index (χ2v) is 17.6. The minimum Gasteiger partial charge on any atom is -0.264 e. The molecule has 282 valence electrons. The summed E-state index contributed by atoms with van der Waals surface area (Å²) in [5.41, 5.74) is 1.94. The SMILES string of the molecule is CCCCCCCCCCN(c1cc(C#N)c(C#N)cc1N(CCCCCCCCCC)S(=O)(=O)c1ccc(C)cc1)S(=O)(=O)c1ccc(C)cc1. The number of unbranched alkanes of at least 4 members (excludes halogenated alkanes) is 14. The molecule has 0 spiro atoms. The highest BCUT2D eigenvalue weighted by atomic mass is 32.2. The van der Waals surface area contributed by atoms with Gasteiger partial charge in [0.05, 0.1) is 32.3 Å². The van der Waals surface area contributed by atoms with Gasteiger partial charge in [0, 0.05) is 13.1 Å². The van der Waals surface area contributed by atoms with Crippen LogP contribution in [0.2, 0.25) is 0 Å². The van der Waals surface area contributed by atoms with E-state index in [0.717, 1.165) is 62.5 Å².